The third-order valence-electron chi connectivity index (χ3n) is 4.48. The van der Waals surface area contributed by atoms with Crippen LogP contribution in [-0.2, 0) is 21.4 Å². The third-order valence-corrected chi connectivity index (χ3v) is 6.64. The van der Waals surface area contributed by atoms with E-state index in [1.807, 2.05) is 0 Å². The summed E-state index contributed by atoms with van der Waals surface area (Å²) in [5, 5.41) is 2.49. The van der Waals surface area contributed by atoms with Gasteiger partial charge in [-0.05, 0) is 49.4 Å². The topological polar surface area (TPSA) is 66.5 Å². The lowest BCUT2D eigenvalue weighted by Crippen LogP contribution is -2.38. The second kappa shape index (κ2) is 9.55. The molecule has 31 heavy (non-hydrogen) atoms. The molecule has 0 radical (unpaired) electrons. The Kier molecular flexibility index (Phi) is 7.04. The minimum atomic E-state index is -4.17. The van der Waals surface area contributed by atoms with E-state index in [-0.39, 0.29) is 21.2 Å². The van der Waals surface area contributed by atoms with Crippen molar-refractivity contribution in [3.05, 3.63) is 94.5 Å². The number of carbonyl (C=O) groups is 1. The maximum absolute atomic E-state index is 14.3. The second-order valence-corrected chi connectivity index (χ2v) is 9.19. The zero-order chi connectivity index (χ0) is 22.6. The van der Waals surface area contributed by atoms with Crippen molar-refractivity contribution in [3.63, 3.8) is 0 Å². The molecule has 0 fully saturated rings. The highest BCUT2D eigenvalue weighted by molar-refractivity contribution is 7.89. The third kappa shape index (κ3) is 5.66. The molecule has 0 saturated heterocycles. The lowest BCUT2D eigenvalue weighted by atomic mass is 10.2. The Balaban J connectivity index is 1.93. The number of halogens is 3. The molecule has 3 rings (SSSR count). The van der Waals surface area contributed by atoms with Crippen molar-refractivity contribution in [2.24, 2.45) is 0 Å². The number of amides is 1. The van der Waals surface area contributed by atoms with E-state index in [1.165, 1.54) is 42.5 Å². The predicted octanol–water partition coefficient (Wildman–Crippen LogP) is 4.76. The Morgan fingerprint density at radius 1 is 1.03 bits per heavy atom. The van der Waals surface area contributed by atoms with Gasteiger partial charge in [0.15, 0.2) is 0 Å². The van der Waals surface area contributed by atoms with Gasteiger partial charge in [0, 0.05) is 22.8 Å². The van der Waals surface area contributed by atoms with E-state index in [9.17, 15) is 22.0 Å². The smallest absolute Gasteiger partial charge is 0.243 e. The first-order chi connectivity index (χ1) is 14.7. The summed E-state index contributed by atoms with van der Waals surface area (Å²) in [6.07, 6.45) is 0. The van der Waals surface area contributed by atoms with Crippen molar-refractivity contribution in [2.45, 2.75) is 18.4 Å². The fourth-order valence-electron chi connectivity index (χ4n) is 2.87. The van der Waals surface area contributed by atoms with Gasteiger partial charge in [0.25, 0.3) is 0 Å². The molecule has 5 nitrogen and oxygen atoms in total. The standard InChI is InChI=1S/C22H19ClF2N2O3S/c1-15-8-10-18(11-9-15)31(29,30)27(13-19-20(23)6-3-7-21(19)25)14-22(28)26-17-5-2-4-16(24)12-17/h2-12H,13-14H2,1H3,(H,26,28). The average molecular weight is 465 g/mol. The maximum Gasteiger partial charge on any atom is 0.243 e. The highest BCUT2D eigenvalue weighted by Crippen LogP contribution is 2.25. The first kappa shape index (κ1) is 22.9. The fraction of sp³-hybridized carbons (Fsp3) is 0.136. The molecule has 0 saturated carbocycles. The van der Waals surface area contributed by atoms with Crippen molar-refractivity contribution < 1.29 is 22.0 Å². The molecule has 0 aliphatic heterocycles. The number of nitrogens with zero attached hydrogens (tertiary/aromatic N) is 1. The number of hydrogen-bond acceptors (Lipinski definition) is 3. The first-order valence-corrected chi connectivity index (χ1v) is 11.0. The quantitative estimate of drug-likeness (QED) is 0.548. The summed E-state index contributed by atoms with van der Waals surface area (Å²) in [6, 6.07) is 15.2. The van der Waals surface area contributed by atoms with Gasteiger partial charge in [0.1, 0.15) is 11.6 Å². The number of anilines is 1. The van der Waals surface area contributed by atoms with Crippen LogP contribution in [0.25, 0.3) is 0 Å². The Bertz CT molecular complexity index is 1180. The van der Waals surface area contributed by atoms with Crippen LogP contribution in [0.15, 0.2) is 71.6 Å². The van der Waals surface area contributed by atoms with E-state index < -0.39 is 40.7 Å². The second-order valence-electron chi connectivity index (χ2n) is 6.84. The lowest BCUT2D eigenvalue weighted by Gasteiger charge is -2.23. The number of nitrogens with one attached hydrogen (secondary N) is 1. The predicted molar refractivity (Wildman–Crippen MR) is 115 cm³/mol. The van der Waals surface area contributed by atoms with E-state index in [1.54, 1.807) is 19.1 Å². The van der Waals surface area contributed by atoms with Crippen LogP contribution in [0.2, 0.25) is 5.02 Å². The molecule has 0 unspecified atom stereocenters. The summed E-state index contributed by atoms with van der Waals surface area (Å²) in [6.45, 7) is 0.718. The Morgan fingerprint density at radius 3 is 2.35 bits per heavy atom. The van der Waals surface area contributed by atoms with Gasteiger partial charge >= 0.3 is 0 Å². The van der Waals surface area contributed by atoms with E-state index >= 15 is 0 Å². The molecule has 162 valence electrons. The van der Waals surface area contributed by atoms with Gasteiger partial charge in [-0.3, -0.25) is 4.79 Å². The number of carbonyl (C=O) groups excluding carboxylic acids is 1. The highest BCUT2D eigenvalue weighted by atomic mass is 35.5. The minimum Gasteiger partial charge on any atom is -0.325 e. The Labute approximate surface area is 184 Å². The molecule has 9 heteroatoms. The van der Waals surface area contributed by atoms with Crippen LogP contribution < -0.4 is 5.32 Å². The summed E-state index contributed by atoms with van der Waals surface area (Å²) < 4.78 is 55.0. The van der Waals surface area contributed by atoms with Crippen molar-refractivity contribution in [1.82, 2.24) is 4.31 Å². The molecule has 0 bridgehead atoms. The molecule has 0 aliphatic rings. The van der Waals surface area contributed by atoms with Crippen LogP contribution in [0.1, 0.15) is 11.1 Å². The van der Waals surface area contributed by atoms with Gasteiger partial charge in [-0.2, -0.15) is 4.31 Å². The van der Waals surface area contributed by atoms with Crippen molar-refractivity contribution >= 4 is 33.2 Å². The molecular weight excluding hydrogens is 446 g/mol. The summed E-state index contributed by atoms with van der Waals surface area (Å²) >= 11 is 6.07. The van der Waals surface area contributed by atoms with Gasteiger partial charge in [0.05, 0.1) is 11.4 Å². The molecule has 3 aromatic carbocycles. The zero-order valence-corrected chi connectivity index (χ0v) is 18.1. The Morgan fingerprint density at radius 2 is 1.71 bits per heavy atom. The summed E-state index contributed by atoms with van der Waals surface area (Å²) in [5.41, 5.74) is 0.964. The summed E-state index contributed by atoms with van der Waals surface area (Å²) in [5.74, 6) is -1.96. The molecule has 0 aliphatic carbocycles. The zero-order valence-electron chi connectivity index (χ0n) is 16.5. The molecule has 0 heterocycles. The first-order valence-electron chi connectivity index (χ1n) is 9.22. The van der Waals surface area contributed by atoms with E-state index in [4.69, 9.17) is 11.6 Å². The van der Waals surface area contributed by atoms with Gasteiger partial charge < -0.3 is 5.32 Å². The maximum atomic E-state index is 14.3. The van der Waals surface area contributed by atoms with E-state index in [0.717, 1.165) is 22.0 Å². The van der Waals surface area contributed by atoms with Crippen molar-refractivity contribution in [1.29, 1.82) is 0 Å². The van der Waals surface area contributed by atoms with Crippen molar-refractivity contribution in [2.75, 3.05) is 11.9 Å². The number of aryl methyl sites for hydroxylation is 1. The van der Waals surface area contributed by atoms with Crippen LogP contribution in [-0.4, -0.2) is 25.2 Å². The number of rotatable bonds is 7. The van der Waals surface area contributed by atoms with Crippen LogP contribution in [0.4, 0.5) is 14.5 Å². The van der Waals surface area contributed by atoms with Gasteiger partial charge in [-0.15, -0.1) is 0 Å². The largest absolute Gasteiger partial charge is 0.325 e. The van der Waals surface area contributed by atoms with Crippen LogP contribution in [0.3, 0.4) is 0 Å². The summed E-state index contributed by atoms with van der Waals surface area (Å²) in [4.78, 5) is 12.5. The normalized spacial score (nSPS) is 11.5. The fourth-order valence-corrected chi connectivity index (χ4v) is 4.46. The average Bonchev–Trinajstić information content (AvgIpc) is 2.70. The molecule has 1 amide bonds. The van der Waals surface area contributed by atoms with Crippen molar-refractivity contribution in [3.8, 4) is 0 Å². The monoisotopic (exact) mass is 464 g/mol. The van der Waals surface area contributed by atoms with E-state index in [0.29, 0.717) is 0 Å². The molecule has 3 aromatic rings. The van der Waals surface area contributed by atoms with Crippen LogP contribution >= 0.6 is 11.6 Å². The molecule has 1 N–H and O–H groups in total. The molecule has 0 aromatic heterocycles. The van der Waals surface area contributed by atoms with Gasteiger partial charge in [0.2, 0.25) is 15.9 Å². The molecule has 0 spiro atoms. The minimum absolute atomic E-state index is 0.0367. The lowest BCUT2D eigenvalue weighted by molar-refractivity contribution is -0.116. The van der Waals surface area contributed by atoms with Gasteiger partial charge in [-0.1, -0.05) is 41.4 Å². The number of sulfonamides is 1. The Hall–Kier alpha value is -2.81. The van der Waals surface area contributed by atoms with Crippen LogP contribution in [0, 0.1) is 18.6 Å². The molecule has 0 atom stereocenters. The van der Waals surface area contributed by atoms with Gasteiger partial charge in [-0.25, -0.2) is 17.2 Å². The number of benzene rings is 3. The summed E-state index contributed by atoms with van der Waals surface area (Å²) in [7, 11) is -4.17. The van der Waals surface area contributed by atoms with E-state index in [2.05, 4.69) is 5.32 Å². The highest BCUT2D eigenvalue weighted by Gasteiger charge is 2.28. The molecular formula is C22H19ClF2N2O3S. The van der Waals surface area contributed by atoms with Crippen LogP contribution in [0.5, 0.6) is 0 Å². The number of hydrogen-bond donors (Lipinski definition) is 1. The SMILES string of the molecule is Cc1ccc(S(=O)(=O)N(CC(=O)Nc2cccc(F)c2)Cc2c(F)cccc2Cl)cc1.